The summed E-state index contributed by atoms with van der Waals surface area (Å²) in [5.74, 6) is 0.276. The van der Waals surface area contributed by atoms with E-state index in [0.717, 1.165) is 15.7 Å². The molecule has 1 atom stereocenters. The molecular weight excluding hydrogens is 336 g/mol. The van der Waals surface area contributed by atoms with Crippen molar-refractivity contribution in [3.63, 3.8) is 0 Å². The van der Waals surface area contributed by atoms with E-state index in [-0.39, 0.29) is 11.7 Å². The van der Waals surface area contributed by atoms with Crippen molar-refractivity contribution in [1.82, 2.24) is 0 Å². The van der Waals surface area contributed by atoms with Crippen LogP contribution in [0.25, 0.3) is 0 Å². The van der Waals surface area contributed by atoms with Crippen LogP contribution in [0.2, 0.25) is 0 Å². The summed E-state index contributed by atoms with van der Waals surface area (Å²) in [6.07, 6.45) is 0. The number of ether oxygens (including phenoxy) is 1. The summed E-state index contributed by atoms with van der Waals surface area (Å²) in [4.78, 5) is 12.1. The summed E-state index contributed by atoms with van der Waals surface area (Å²) >= 11 is 3.46. The van der Waals surface area contributed by atoms with E-state index in [4.69, 9.17) is 4.74 Å². The monoisotopic (exact) mass is 348 g/mol. The summed E-state index contributed by atoms with van der Waals surface area (Å²) in [5.41, 5.74) is 2.28. The number of rotatable bonds is 3. The van der Waals surface area contributed by atoms with Gasteiger partial charge < -0.3 is 20.5 Å². The third-order valence-corrected chi connectivity index (χ3v) is 4.04. The molecule has 5 nitrogen and oxygen atoms in total. The normalized spacial score (nSPS) is 16.3. The fraction of sp³-hybridized carbons (Fsp3) is 0.133. The maximum absolute atomic E-state index is 12.1. The predicted molar refractivity (Wildman–Crippen MR) is 83.8 cm³/mol. The summed E-state index contributed by atoms with van der Waals surface area (Å²) in [5, 5.41) is 15.8. The van der Waals surface area contributed by atoms with Crippen LogP contribution in [-0.4, -0.2) is 18.1 Å². The highest BCUT2D eigenvalue weighted by Crippen LogP contribution is 2.39. The number of fused-ring (bicyclic) bond motifs is 1. The Morgan fingerprint density at radius 3 is 2.86 bits per heavy atom. The first-order chi connectivity index (χ1) is 10.1. The second-order valence-electron chi connectivity index (χ2n) is 4.65. The van der Waals surface area contributed by atoms with E-state index >= 15 is 0 Å². The van der Waals surface area contributed by atoms with Crippen LogP contribution in [0.1, 0.15) is 11.6 Å². The molecule has 0 fully saturated rings. The summed E-state index contributed by atoms with van der Waals surface area (Å²) in [7, 11) is 1.49. The van der Waals surface area contributed by atoms with Crippen LogP contribution in [-0.2, 0) is 4.79 Å². The van der Waals surface area contributed by atoms with Gasteiger partial charge in [-0.25, -0.2) is 0 Å². The number of hydrogen-bond acceptors (Lipinski definition) is 4. The van der Waals surface area contributed by atoms with Crippen molar-refractivity contribution < 1.29 is 14.6 Å². The van der Waals surface area contributed by atoms with Gasteiger partial charge in [0.1, 0.15) is 6.04 Å². The lowest BCUT2D eigenvalue weighted by atomic mass is 10.1. The lowest BCUT2D eigenvalue weighted by Crippen LogP contribution is -2.19. The van der Waals surface area contributed by atoms with Gasteiger partial charge in [-0.1, -0.05) is 22.0 Å². The number of carbonyl (C=O) groups excluding carboxylic acids is 1. The minimum absolute atomic E-state index is 0.0215. The number of anilines is 2. The Balaban J connectivity index is 1.93. The number of halogens is 1. The lowest BCUT2D eigenvalue weighted by Gasteiger charge is -2.15. The van der Waals surface area contributed by atoms with Crippen molar-refractivity contribution >= 4 is 33.2 Å². The van der Waals surface area contributed by atoms with Gasteiger partial charge in [0, 0.05) is 27.5 Å². The molecule has 6 heteroatoms. The Kier molecular flexibility index (Phi) is 3.47. The minimum atomic E-state index is -0.511. The van der Waals surface area contributed by atoms with Crippen molar-refractivity contribution in [3.8, 4) is 11.5 Å². The molecule has 0 aliphatic carbocycles. The molecule has 0 spiro atoms. The molecule has 1 unspecified atom stereocenters. The lowest BCUT2D eigenvalue weighted by molar-refractivity contribution is -0.116. The van der Waals surface area contributed by atoms with Crippen LogP contribution in [0.5, 0.6) is 11.5 Å². The first kappa shape index (κ1) is 13.8. The fourth-order valence-corrected chi connectivity index (χ4v) is 2.95. The van der Waals surface area contributed by atoms with E-state index in [0.29, 0.717) is 11.4 Å². The van der Waals surface area contributed by atoms with Crippen LogP contribution in [0.15, 0.2) is 40.9 Å². The second kappa shape index (κ2) is 5.29. The zero-order valence-electron chi connectivity index (χ0n) is 11.2. The molecule has 0 radical (unpaired) electrons. The maximum atomic E-state index is 12.1. The van der Waals surface area contributed by atoms with Gasteiger partial charge in [-0.3, -0.25) is 4.79 Å². The second-order valence-corrected chi connectivity index (χ2v) is 5.51. The van der Waals surface area contributed by atoms with Crippen molar-refractivity contribution in [2.45, 2.75) is 6.04 Å². The number of phenols is 1. The number of benzene rings is 2. The van der Waals surface area contributed by atoms with Crippen LogP contribution in [0.3, 0.4) is 0 Å². The maximum Gasteiger partial charge on any atom is 0.251 e. The van der Waals surface area contributed by atoms with Crippen molar-refractivity contribution in [2.75, 3.05) is 17.7 Å². The molecule has 1 aliphatic heterocycles. The summed E-state index contributed by atoms with van der Waals surface area (Å²) in [6.45, 7) is 0. The average molecular weight is 349 g/mol. The zero-order chi connectivity index (χ0) is 15.0. The molecule has 3 rings (SSSR count). The van der Waals surface area contributed by atoms with Crippen molar-refractivity contribution in [2.24, 2.45) is 0 Å². The van der Waals surface area contributed by atoms with Gasteiger partial charge in [0.05, 0.1) is 7.11 Å². The van der Waals surface area contributed by atoms with Gasteiger partial charge in [-0.15, -0.1) is 0 Å². The quantitative estimate of drug-likeness (QED) is 0.796. The number of nitrogens with one attached hydrogen (secondary N) is 2. The van der Waals surface area contributed by atoms with Crippen molar-refractivity contribution in [1.29, 1.82) is 0 Å². The van der Waals surface area contributed by atoms with Gasteiger partial charge in [0.15, 0.2) is 11.5 Å². The summed E-state index contributed by atoms with van der Waals surface area (Å²) < 4.78 is 5.86. The van der Waals surface area contributed by atoms with E-state index < -0.39 is 6.04 Å². The van der Waals surface area contributed by atoms with Crippen LogP contribution < -0.4 is 15.4 Å². The van der Waals surface area contributed by atoms with Crippen LogP contribution in [0, 0.1) is 0 Å². The number of hydrogen-bond donors (Lipinski definition) is 3. The highest BCUT2D eigenvalue weighted by atomic mass is 79.9. The summed E-state index contributed by atoms with van der Waals surface area (Å²) in [6, 6.07) is 10.0. The molecule has 21 heavy (non-hydrogen) atoms. The third-order valence-electron chi connectivity index (χ3n) is 3.35. The zero-order valence-corrected chi connectivity index (χ0v) is 12.8. The molecule has 0 saturated heterocycles. The molecule has 1 heterocycles. The van der Waals surface area contributed by atoms with Gasteiger partial charge in [-0.2, -0.15) is 0 Å². The highest BCUT2D eigenvalue weighted by molar-refractivity contribution is 9.10. The van der Waals surface area contributed by atoms with E-state index in [9.17, 15) is 9.90 Å². The largest absolute Gasteiger partial charge is 0.504 e. The van der Waals surface area contributed by atoms with Gasteiger partial charge in [0.2, 0.25) is 0 Å². The molecule has 0 aromatic heterocycles. The molecule has 2 aromatic rings. The Morgan fingerprint density at radius 2 is 2.14 bits per heavy atom. The fourth-order valence-electron chi connectivity index (χ4n) is 2.36. The molecule has 2 aromatic carbocycles. The topological polar surface area (TPSA) is 70.6 Å². The molecule has 0 saturated carbocycles. The molecule has 0 bridgehead atoms. The first-order valence-electron chi connectivity index (χ1n) is 6.33. The predicted octanol–water partition coefficient (Wildman–Crippen LogP) is 3.27. The van der Waals surface area contributed by atoms with Crippen molar-refractivity contribution in [3.05, 3.63) is 46.4 Å². The third kappa shape index (κ3) is 2.42. The highest BCUT2D eigenvalue weighted by Gasteiger charge is 2.32. The van der Waals surface area contributed by atoms with Gasteiger partial charge in [0.25, 0.3) is 5.91 Å². The first-order valence-corrected chi connectivity index (χ1v) is 7.12. The molecule has 3 N–H and O–H groups in total. The number of aromatic hydroxyl groups is 1. The van der Waals surface area contributed by atoms with Crippen LogP contribution >= 0.6 is 15.9 Å². The van der Waals surface area contributed by atoms with E-state index in [1.807, 2.05) is 18.2 Å². The number of carbonyl (C=O) groups is 1. The molecular formula is C15H13BrN2O3. The Bertz CT molecular complexity index is 718. The average Bonchev–Trinajstić information content (AvgIpc) is 2.77. The molecule has 108 valence electrons. The minimum Gasteiger partial charge on any atom is -0.504 e. The van der Waals surface area contributed by atoms with E-state index in [1.54, 1.807) is 12.1 Å². The number of phenolic OH excluding ortho intramolecular Hbond substituents is 1. The Morgan fingerprint density at radius 1 is 1.33 bits per heavy atom. The van der Waals surface area contributed by atoms with E-state index in [1.165, 1.54) is 13.2 Å². The Hall–Kier alpha value is -2.21. The molecule has 1 aliphatic rings. The van der Waals surface area contributed by atoms with Crippen LogP contribution in [0.4, 0.5) is 11.4 Å². The van der Waals surface area contributed by atoms with Gasteiger partial charge >= 0.3 is 0 Å². The van der Waals surface area contributed by atoms with Gasteiger partial charge in [-0.05, 0) is 24.3 Å². The van der Waals surface area contributed by atoms with E-state index in [2.05, 4.69) is 26.6 Å². The molecule has 1 amide bonds. The SMILES string of the molecule is COc1ccc(NC2C(=O)Nc3cccc(Br)c32)cc1O. The standard InChI is InChI=1S/C15H13BrN2O3/c1-21-12-6-5-8(7-11(12)19)17-14-13-9(16)3-2-4-10(13)18-15(14)20/h2-7,14,17,19H,1H3,(H,18,20). The number of amides is 1. The number of methoxy groups -OCH3 is 1. The smallest absolute Gasteiger partial charge is 0.251 e. The Labute approximate surface area is 130 Å².